The molecule has 0 saturated heterocycles. The van der Waals surface area contributed by atoms with Crippen molar-refractivity contribution in [1.82, 2.24) is 4.98 Å². The summed E-state index contributed by atoms with van der Waals surface area (Å²) >= 11 is 3.12. The fourth-order valence-corrected chi connectivity index (χ4v) is 1.52. The summed E-state index contributed by atoms with van der Waals surface area (Å²) in [6, 6.07) is 0.898. The van der Waals surface area contributed by atoms with E-state index >= 15 is 0 Å². The molecule has 0 amide bonds. The Morgan fingerprint density at radius 1 is 1.47 bits per heavy atom. The lowest BCUT2D eigenvalue weighted by molar-refractivity contribution is -0.138. The van der Waals surface area contributed by atoms with E-state index in [9.17, 15) is 13.2 Å². The Hall–Kier alpha value is -1.24. The van der Waals surface area contributed by atoms with Gasteiger partial charge in [-0.3, -0.25) is 0 Å². The van der Waals surface area contributed by atoms with E-state index in [1.807, 2.05) is 0 Å². The van der Waals surface area contributed by atoms with E-state index in [2.05, 4.69) is 27.5 Å². The largest absolute Gasteiger partial charge is 0.492 e. The Kier molecular flexibility index (Phi) is 5.65. The molecule has 0 spiro atoms. The van der Waals surface area contributed by atoms with Crippen molar-refractivity contribution in [2.75, 3.05) is 18.5 Å². The fourth-order valence-electron chi connectivity index (χ4n) is 1.36. The van der Waals surface area contributed by atoms with Gasteiger partial charge in [0, 0.05) is 5.33 Å². The first kappa shape index (κ1) is 15.8. The van der Waals surface area contributed by atoms with Crippen LogP contribution in [0.1, 0.15) is 18.2 Å². The second kappa shape index (κ2) is 6.79. The molecule has 0 aromatic carbocycles. The zero-order chi connectivity index (χ0) is 14.5. The van der Waals surface area contributed by atoms with Gasteiger partial charge in [0.2, 0.25) is 0 Å². The lowest BCUT2D eigenvalue weighted by Gasteiger charge is -2.15. The smallest absolute Gasteiger partial charge is 0.418 e. The molecule has 0 N–H and O–H groups in total. The van der Waals surface area contributed by atoms with E-state index in [4.69, 9.17) is 9.47 Å². The monoisotopic (exact) mass is 339 g/mol. The molecule has 0 unspecified atom stereocenters. The molecule has 1 aromatic rings. The molecule has 0 aliphatic heterocycles. The van der Waals surface area contributed by atoms with Crippen molar-refractivity contribution in [3.63, 3.8) is 0 Å². The molecule has 0 fully saturated rings. The maximum Gasteiger partial charge on any atom is 0.418 e. The van der Waals surface area contributed by atoms with E-state index in [1.165, 1.54) is 6.20 Å². The van der Waals surface area contributed by atoms with Crippen molar-refractivity contribution >= 4 is 21.7 Å². The van der Waals surface area contributed by atoms with Crippen molar-refractivity contribution in [3.8, 4) is 5.75 Å². The van der Waals surface area contributed by atoms with Crippen LogP contribution in [-0.4, -0.2) is 23.5 Å². The van der Waals surface area contributed by atoms with Crippen molar-refractivity contribution in [2.24, 2.45) is 0 Å². The third-order valence-corrected chi connectivity index (χ3v) is 2.42. The molecular formula is C12H13BrF3NO2. The first-order valence-corrected chi connectivity index (χ1v) is 6.60. The van der Waals surface area contributed by atoms with E-state index in [0.717, 1.165) is 6.07 Å². The van der Waals surface area contributed by atoms with Gasteiger partial charge in [0.1, 0.15) is 17.2 Å². The molecule has 0 saturated carbocycles. The number of pyridine rings is 1. The van der Waals surface area contributed by atoms with Crippen molar-refractivity contribution < 1.29 is 22.6 Å². The fraction of sp³-hybridized carbons (Fsp3) is 0.417. The summed E-state index contributed by atoms with van der Waals surface area (Å²) in [7, 11) is 0. The molecular weight excluding hydrogens is 327 g/mol. The Labute approximate surface area is 117 Å². The molecule has 0 aliphatic rings. The second-order valence-electron chi connectivity index (χ2n) is 3.46. The molecule has 19 heavy (non-hydrogen) atoms. The normalized spacial score (nSPS) is 11.2. The maximum atomic E-state index is 12.9. The van der Waals surface area contributed by atoms with Gasteiger partial charge in [0.05, 0.1) is 25.0 Å². The molecule has 0 aliphatic carbocycles. The highest BCUT2D eigenvalue weighted by Gasteiger charge is 2.35. The summed E-state index contributed by atoms with van der Waals surface area (Å²) in [6.07, 6.45) is -3.33. The van der Waals surface area contributed by atoms with Gasteiger partial charge in [-0.1, -0.05) is 22.5 Å². The van der Waals surface area contributed by atoms with Crippen LogP contribution in [0.15, 0.2) is 18.8 Å². The molecule has 0 radical (unpaired) electrons. The summed E-state index contributed by atoms with van der Waals surface area (Å²) in [5, 5.41) is 0.516. The van der Waals surface area contributed by atoms with Crippen LogP contribution in [0.3, 0.4) is 0 Å². The molecule has 7 heteroatoms. The van der Waals surface area contributed by atoms with Crippen LogP contribution in [0.5, 0.6) is 5.75 Å². The maximum absolute atomic E-state index is 12.9. The van der Waals surface area contributed by atoms with Crippen LogP contribution >= 0.6 is 15.9 Å². The second-order valence-corrected chi connectivity index (χ2v) is 4.25. The van der Waals surface area contributed by atoms with Crippen LogP contribution in [0.4, 0.5) is 13.2 Å². The van der Waals surface area contributed by atoms with Crippen LogP contribution in [-0.2, 0) is 10.9 Å². The quantitative estimate of drug-likeness (QED) is 0.582. The number of alkyl halides is 4. The van der Waals surface area contributed by atoms with Crippen molar-refractivity contribution in [2.45, 2.75) is 13.1 Å². The summed E-state index contributed by atoms with van der Waals surface area (Å²) in [5.74, 6) is -0.0540. The standard InChI is InChI=1S/C12H13BrF3NO2/c1-3-18-8(2)11-10(12(14,15)16)6-9(7-17-11)19-5-4-13/h6-7H,2-5H2,1H3. The predicted octanol–water partition coefficient (Wildman–Crippen LogP) is 3.88. The number of hydrogen-bond donors (Lipinski definition) is 0. The topological polar surface area (TPSA) is 31.4 Å². The van der Waals surface area contributed by atoms with E-state index in [-0.39, 0.29) is 30.4 Å². The summed E-state index contributed by atoms with van der Waals surface area (Å²) < 4.78 is 48.9. The minimum absolute atomic E-state index is 0.0554. The van der Waals surface area contributed by atoms with Crippen LogP contribution in [0.25, 0.3) is 5.76 Å². The van der Waals surface area contributed by atoms with Gasteiger partial charge in [-0.2, -0.15) is 13.2 Å². The van der Waals surface area contributed by atoms with Gasteiger partial charge in [-0.25, -0.2) is 4.98 Å². The highest BCUT2D eigenvalue weighted by molar-refractivity contribution is 9.09. The lowest BCUT2D eigenvalue weighted by Crippen LogP contribution is -2.12. The van der Waals surface area contributed by atoms with E-state index in [1.54, 1.807) is 6.92 Å². The number of nitrogens with zero attached hydrogens (tertiary/aromatic N) is 1. The molecule has 0 bridgehead atoms. The molecule has 3 nitrogen and oxygen atoms in total. The number of rotatable bonds is 6. The number of ether oxygens (including phenoxy) is 2. The first-order valence-electron chi connectivity index (χ1n) is 5.48. The van der Waals surface area contributed by atoms with E-state index in [0.29, 0.717) is 5.33 Å². The number of halogens is 4. The van der Waals surface area contributed by atoms with Crippen molar-refractivity contribution in [3.05, 3.63) is 30.1 Å². The highest BCUT2D eigenvalue weighted by atomic mass is 79.9. The van der Waals surface area contributed by atoms with Crippen molar-refractivity contribution in [1.29, 1.82) is 0 Å². The molecule has 1 aromatic heterocycles. The first-order chi connectivity index (χ1) is 8.90. The molecule has 1 heterocycles. The van der Waals surface area contributed by atoms with Gasteiger partial charge < -0.3 is 9.47 Å². The Morgan fingerprint density at radius 2 is 2.16 bits per heavy atom. The highest BCUT2D eigenvalue weighted by Crippen LogP contribution is 2.35. The van der Waals surface area contributed by atoms with Gasteiger partial charge in [0.25, 0.3) is 0 Å². The molecule has 0 atom stereocenters. The van der Waals surface area contributed by atoms with Crippen LogP contribution in [0, 0.1) is 0 Å². The average molecular weight is 340 g/mol. The molecule has 1 rings (SSSR count). The van der Waals surface area contributed by atoms with E-state index < -0.39 is 11.7 Å². The van der Waals surface area contributed by atoms with Gasteiger partial charge >= 0.3 is 6.18 Å². The zero-order valence-corrected chi connectivity index (χ0v) is 11.8. The van der Waals surface area contributed by atoms with Gasteiger partial charge in [-0.05, 0) is 13.0 Å². The number of hydrogen-bond acceptors (Lipinski definition) is 3. The minimum Gasteiger partial charge on any atom is -0.492 e. The Morgan fingerprint density at radius 3 is 2.68 bits per heavy atom. The number of aromatic nitrogens is 1. The third kappa shape index (κ3) is 4.41. The predicted molar refractivity (Wildman–Crippen MR) is 69.2 cm³/mol. The summed E-state index contributed by atoms with van der Waals surface area (Å²) in [4.78, 5) is 3.73. The Bertz CT molecular complexity index is 449. The average Bonchev–Trinajstić information content (AvgIpc) is 2.35. The lowest BCUT2D eigenvalue weighted by atomic mass is 10.1. The SMILES string of the molecule is C=C(OCC)c1ncc(OCCBr)cc1C(F)(F)F. The van der Waals surface area contributed by atoms with Gasteiger partial charge in [-0.15, -0.1) is 0 Å². The Balaban J connectivity index is 3.13. The van der Waals surface area contributed by atoms with Crippen LogP contribution in [0.2, 0.25) is 0 Å². The molecule has 106 valence electrons. The summed E-state index contributed by atoms with van der Waals surface area (Å²) in [6.45, 7) is 5.58. The minimum atomic E-state index is -4.55. The van der Waals surface area contributed by atoms with Crippen LogP contribution < -0.4 is 4.74 Å². The zero-order valence-electron chi connectivity index (χ0n) is 10.3. The summed E-state index contributed by atoms with van der Waals surface area (Å²) in [5.41, 5.74) is -1.24. The third-order valence-electron chi connectivity index (χ3n) is 2.10. The van der Waals surface area contributed by atoms with Gasteiger partial charge in [0.15, 0.2) is 0 Å².